The van der Waals surface area contributed by atoms with Crippen molar-refractivity contribution in [3.8, 4) is 0 Å². The van der Waals surface area contributed by atoms with E-state index in [0.29, 0.717) is 16.5 Å². The Hall–Kier alpha value is 0.260. The highest BCUT2D eigenvalue weighted by Gasteiger charge is 2.03. The van der Waals surface area contributed by atoms with Gasteiger partial charge in [0, 0.05) is 5.75 Å². The minimum Gasteiger partial charge on any atom is -0.277 e. The molecule has 1 N–H and O–H groups in total. The van der Waals surface area contributed by atoms with Crippen molar-refractivity contribution < 1.29 is 13.0 Å². The summed E-state index contributed by atoms with van der Waals surface area (Å²) in [6, 6.07) is 0. The highest BCUT2D eigenvalue weighted by molar-refractivity contribution is 8.69. The first-order valence-electron chi connectivity index (χ1n) is 8.68. The molecular weight excluding hydrogens is 304 g/mol. The van der Waals surface area contributed by atoms with Crippen LogP contribution in [0, 0.1) is 0 Å². The van der Waals surface area contributed by atoms with E-state index in [2.05, 4.69) is 6.92 Å². The number of hydrogen-bond donors (Lipinski definition) is 1. The molecule has 0 saturated heterocycles. The predicted octanol–water partition coefficient (Wildman–Crippen LogP) is 6.00. The van der Waals surface area contributed by atoms with Gasteiger partial charge < -0.3 is 0 Å². The average molecular weight is 339 g/mol. The standard InChI is InChI=1S/C16H34O3S2/c1-2-3-4-5-6-7-8-9-10-11-12-13-14-15-16-20-21(17,18)19/h2-16H2,1H3,(H,17,18,19). The molecule has 3 nitrogen and oxygen atoms in total. The van der Waals surface area contributed by atoms with Gasteiger partial charge >= 0.3 is 9.15 Å². The Kier molecular flexibility index (Phi) is 15.4. The lowest BCUT2D eigenvalue weighted by Crippen LogP contribution is -1.92. The first kappa shape index (κ1) is 21.3. The zero-order valence-corrected chi connectivity index (χ0v) is 15.3. The molecule has 0 radical (unpaired) electrons. The van der Waals surface area contributed by atoms with Crippen molar-refractivity contribution in [2.24, 2.45) is 0 Å². The molecule has 0 bridgehead atoms. The third kappa shape index (κ3) is 20.3. The van der Waals surface area contributed by atoms with Crippen LogP contribution in [0.15, 0.2) is 0 Å². The maximum atomic E-state index is 10.5. The van der Waals surface area contributed by atoms with Crippen LogP contribution in [0.4, 0.5) is 0 Å². The molecule has 0 heterocycles. The van der Waals surface area contributed by atoms with E-state index in [1.807, 2.05) is 0 Å². The van der Waals surface area contributed by atoms with Gasteiger partial charge in [0.1, 0.15) is 0 Å². The van der Waals surface area contributed by atoms with Crippen LogP contribution in [-0.2, 0) is 9.15 Å². The normalized spacial score (nSPS) is 11.9. The monoisotopic (exact) mass is 338 g/mol. The summed E-state index contributed by atoms with van der Waals surface area (Å²) in [5, 5.41) is 0. The lowest BCUT2D eigenvalue weighted by molar-refractivity contribution is 0.503. The molecule has 0 amide bonds. The molecule has 5 heteroatoms. The largest absolute Gasteiger partial charge is 0.319 e. The number of rotatable bonds is 16. The molecule has 0 spiro atoms. The zero-order chi connectivity index (χ0) is 15.8. The molecule has 0 aliphatic heterocycles. The van der Waals surface area contributed by atoms with Crippen molar-refractivity contribution in [1.82, 2.24) is 0 Å². The smallest absolute Gasteiger partial charge is 0.277 e. The van der Waals surface area contributed by atoms with Crippen LogP contribution in [0.3, 0.4) is 0 Å². The van der Waals surface area contributed by atoms with E-state index in [0.717, 1.165) is 12.8 Å². The van der Waals surface area contributed by atoms with Gasteiger partial charge in [-0.1, -0.05) is 90.4 Å². The van der Waals surface area contributed by atoms with Gasteiger partial charge in [-0.2, -0.15) is 8.42 Å². The minimum absolute atomic E-state index is 0.511. The second-order valence-electron chi connectivity index (χ2n) is 5.85. The van der Waals surface area contributed by atoms with Gasteiger partial charge in [0.25, 0.3) is 0 Å². The molecule has 0 atom stereocenters. The molecule has 0 saturated carbocycles. The molecule has 0 aromatic carbocycles. The Morgan fingerprint density at radius 3 is 1.33 bits per heavy atom. The summed E-state index contributed by atoms with van der Waals surface area (Å²) in [5.41, 5.74) is 0. The molecule has 0 aliphatic rings. The van der Waals surface area contributed by atoms with Gasteiger partial charge in [-0.3, -0.25) is 4.55 Å². The second kappa shape index (κ2) is 15.2. The fourth-order valence-electron chi connectivity index (χ4n) is 2.46. The fourth-order valence-corrected chi connectivity index (χ4v) is 3.98. The van der Waals surface area contributed by atoms with Crippen molar-refractivity contribution in [1.29, 1.82) is 0 Å². The van der Waals surface area contributed by atoms with Crippen molar-refractivity contribution in [3.63, 3.8) is 0 Å². The van der Waals surface area contributed by atoms with Crippen molar-refractivity contribution in [2.75, 3.05) is 5.75 Å². The Morgan fingerprint density at radius 2 is 1.00 bits per heavy atom. The lowest BCUT2D eigenvalue weighted by atomic mass is 10.0. The van der Waals surface area contributed by atoms with Crippen LogP contribution in [0.1, 0.15) is 96.8 Å². The van der Waals surface area contributed by atoms with Gasteiger partial charge in [-0.05, 0) is 17.2 Å². The van der Waals surface area contributed by atoms with Crippen LogP contribution >= 0.6 is 10.8 Å². The summed E-state index contributed by atoms with van der Waals surface area (Å²) >= 11 is 0. The molecule has 0 aromatic rings. The summed E-state index contributed by atoms with van der Waals surface area (Å²) in [6.45, 7) is 2.26. The molecule has 0 fully saturated rings. The number of hydrogen-bond acceptors (Lipinski definition) is 3. The van der Waals surface area contributed by atoms with Crippen LogP contribution in [0.5, 0.6) is 0 Å². The third-order valence-electron chi connectivity index (χ3n) is 3.73. The van der Waals surface area contributed by atoms with E-state index in [1.165, 1.54) is 77.0 Å². The van der Waals surface area contributed by atoms with Crippen LogP contribution < -0.4 is 0 Å². The maximum absolute atomic E-state index is 10.5. The maximum Gasteiger partial charge on any atom is 0.319 e. The third-order valence-corrected chi connectivity index (χ3v) is 5.88. The molecular formula is C16H34O3S2. The fraction of sp³-hybridized carbons (Fsp3) is 1.00. The Morgan fingerprint density at radius 1 is 0.667 bits per heavy atom. The molecule has 0 unspecified atom stereocenters. The quantitative estimate of drug-likeness (QED) is 0.213. The molecule has 0 rings (SSSR count). The van der Waals surface area contributed by atoms with Gasteiger partial charge in [0.05, 0.1) is 0 Å². The van der Waals surface area contributed by atoms with E-state index in [1.54, 1.807) is 0 Å². The average Bonchev–Trinajstić information content (AvgIpc) is 2.42. The molecule has 0 aromatic heterocycles. The van der Waals surface area contributed by atoms with E-state index < -0.39 is 9.15 Å². The summed E-state index contributed by atoms with van der Waals surface area (Å²) in [4.78, 5) is 0. The lowest BCUT2D eigenvalue weighted by Gasteiger charge is -2.03. The van der Waals surface area contributed by atoms with E-state index in [-0.39, 0.29) is 0 Å². The summed E-state index contributed by atoms with van der Waals surface area (Å²) < 4.78 is 29.5. The number of unbranched alkanes of at least 4 members (excludes halogenated alkanes) is 13. The first-order valence-corrected chi connectivity index (χ1v) is 11.6. The molecule has 21 heavy (non-hydrogen) atoms. The Bertz CT molecular complexity index is 303. The summed E-state index contributed by atoms with van der Waals surface area (Å²) in [7, 11) is -3.18. The van der Waals surface area contributed by atoms with Crippen LogP contribution in [-0.4, -0.2) is 18.7 Å². The van der Waals surface area contributed by atoms with Crippen molar-refractivity contribution in [3.05, 3.63) is 0 Å². The van der Waals surface area contributed by atoms with Gasteiger partial charge in [-0.15, -0.1) is 0 Å². The van der Waals surface area contributed by atoms with Crippen molar-refractivity contribution in [2.45, 2.75) is 96.8 Å². The minimum atomic E-state index is -3.83. The first-order chi connectivity index (χ1) is 10.1. The summed E-state index contributed by atoms with van der Waals surface area (Å²) in [6.07, 6.45) is 18.1. The van der Waals surface area contributed by atoms with E-state index >= 15 is 0 Å². The van der Waals surface area contributed by atoms with E-state index in [9.17, 15) is 8.42 Å². The topological polar surface area (TPSA) is 54.4 Å². The molecule has 128 valence electrons. The Balaban J connectivity index is 3.03. The van der Waals surface area contributed by atoms with Crippen molar-refractivity contribution >= 4 is 19.9 Å². The van der Waals surface area contributed by atoms with Crippen LogP contribution in [0.2, 0.25) is 0 Å². The van der Waals surface area contributed by atoms with E-state index in [4.69, 9.17) is 4.55 Å². The highest BCUT2D eigenvalue weighted by Crippen LogP contribution is 2.15. The summed E-state index contributed by atoms with van der Waals surface area (Å²) in [5.74, 6) is 0.511. The predicted molar refractivity (Wildman–Crippen MR) is 94.3 cm³/mol. The molecule has 0 aliphatic carbocycles. The van der Waals surface area contributed by atoms with Gasteiger partial charge in [-0.25, -0.2) is 0 Å². The second-order valence-corrected chi connectivity index (χ2v) is 9.32. The highest BCUT2D eigenvalue weighted by atomic mass is 33.1. The Labute approximate surface area is 135 Å². The zero-order valence-electron chi connectivity index (χ0n) is 13.7. The van der Waals surface area contributed by atoms with Gasteiger partial charge in [0.15, 0.2) is 0 Å². The van der Waals surface area contributed by atoms with Gasteiger partial charge in [0.2, 0.25) is 0 Å². The SMILES string of the molecule is CCCCCCCCCCCCCCCCSS(=O)(=O)O. The van der Waals surface area contributed by atoms with Crippen LogP contribution in [0.25, 0.3) is 0 Å².